The zero-order valence-electron chi connectivity index (χ0n) is 16.9. The minimum atomic E-state index is 0.0318. The lowest BCUT2D eigenvalue weighted by Crippen LogP contribution is -2.35. The summed E-state index contributed by atoms with van der Waals surface area (Å²) in [5.41, 5.74) is 2.21. The van der Waals surface area contributed by atoms with Crippen LogP contribution in [0.3, 0.4) is 0 Å². The zero-order valence-corrected chi connectivity index (χ0v) is 16.9. The van der Waals surface area contributed by atoms with Crippen molar-refractivity contribution in [3.05, 3.63) is 0 Å². The molecule has 3 fully saturated rings. The number of rotatable bonds is 2. The molecule has 144 valence electrons. The van der Waals surface area contributed by atoms with E-state index in [0.717, 1.165) is 37.1 Å². The molecule has 0 unspecified atom stereocenters. The van der Waals surface area contributed by atoms with E-state index in [1.165, 1.54) is 12.8 Å². The third-order valence-corrected chi connectivity index (χ3v) is 5.91. The van der Waals surface area contributed by atoms with Crippen LogP contribution in [0.1, 0.15) is 91.9 Å². The van der Waals surface area contributed by atoms with Crippen molar-refractivity contribution in [2.45, 2.75) is 104 Å². The van der Waals surface area contributed by atoms with Gasteiger partial charge in [0.2, 0.25) is 0 Å². The number of hydrogen-bond donors (Lipinski definition) is 0. The Morgan fingerprint density at radius 1 is 0.692 bits per heavy atom. The Morgan fingerprint density at radius 2 is 1.08 bits per heavy atom. The van der Waals surface area contributed by atoms with Crippen molar-refractivity contribution in [1.82, 2.24) is 0 Å². The minimum Gasteiger partial charge on any atom is -0.299 e. The Labute approximate surface area is 157 Å². The van der Waals surface area contributed by atoms with Gasteiger partial charge >= 0.3 is 0 Å². The van der Waals surface area contributed by atoms with Gasteiger partial charge in [-0.2, -0.15) is 0 Å². The van der Waals surface area contributed by atoms with E-state index in [4.69, 9.17) is 9.98 Å². The molecule has 0 heterocycles. The molecule has 0 aromatic rings. The smallest absolute Gasteiger partial charge is 0.139 e. The molecule has 0 N–H and O–H groups in total. The molecule has 2 atom stereocenters. The molecule has 0 amide bonds. The van der Waals surface area contributed by atoms with E-state index >= 15 is 0 Å². The molecule has 0 spiro atoms. The standard InChI is InChI=1S/C22H34N2O2/c1-21(2)11-15(9-17(25)13-21)23-19-7-5-6-8-20(19)24-16-10-18(26)14-22(3,4)12-16/h19-20H,5-14H2,1-4H3/t19-,20-/m1/s1. The molecule has 4 nitrogen and oxygen atoms in total. The zero-order chi connectivity index (χ0) is 18.9. The van der Waals surface area contributed by atoms with E-state index in [2.05, 4.69) is 27.7 Å². The summed E-state index contributed by atoms with van der Waals surface area (Å²) in [7, 11) is 0. The highest BCUT2D eigenvalue weighted by Gasteiger charge is 2.34. The van der Waals surface area contributed by atoms with Crippen molar-refractivity contribution in [1.29, 1.82) is 0 Å². The number of Topliss-reactive ketones (excluding diaryl/α,β-unsaturated/α-hetero) is 2. The number of carbonyl (C=O) groups excluding carboxylic acids is 2. The second-order valence-electron chi connectivity index (χ2n) is 10.3. The highest BCUT2D eigenvalue weighted by atomic mass is 16.1. The normalized spacial score (nSPS) is 35.1. The fourth-order valence-electron chi connectivity index (χ4n) is 5.05. The summed E-state index contributed by atoms with van der Waals surface area (Å²) < 4.78 is 0. The van der Waals surface area contributed by atoms with Gasteiger partial charge in [-0.3, -0.25) is 19.6 Å². The molecular formula is C22H34N2O2. The van der Waals surface area contributed by atoms with Crippen LogP contribution in [0, 0.1) is 10.8 Å². The topological polar surface area (TPSA) is 58.9 Å². The fraction of sp³-hybridized carbons (Fsp3) is 0.818. The summed E-state index contributed by atoms with van der Waals surface area (Å²) in [5, 5.41) is 0. The van der Waals surface area contributed by atoms with Gasteiger partial charge in [0.1, 0.15) is 11.6 Å². The first kappa shape index (κ1) is 19.4. The average Bonchev–Trinajstić information content (AvgIpc) is 2.45. The molecular weight excluding hydrogens is 324 g/mol. The van der Waals surface area contributed by atoms with Crippen LogP contribution < -0.4 is 0 Å². The van der Waals surface area contributed by atoms with Gasteiger partial charge in [-0.05, 0) is 36.5 Å². The summed E-state index contributed by atoms with van der Waals surface area (Å²) in [6.45, 7) is 8.64. The van der Waals surface area contributed by atoms with Crippen molar-refractivity contribution in [2.75, 3.05) is 0 Å². The Hall–Kier alpha value is -1.32. The van der Waals surface area contributed by atoms with Gasteiger partial charge in [0.05, 0.1) is 12.1 Å². The lowest BCUT2D eigenvalue weighted by Gasteiger charge is -2.34. The van der Waals surface area contributed by atoms with Gasteiger partial charge in [-0.15, -0.1) is 0 Å². The Morgan fingerprint density at radius 3 is 1.42 bits per heavy atom. The third kappa shape index (κ3) is 5.11. The van der Waals surface area contributed by atoms with Gasteiger partial charge in [0.15, 0.2) is 0 Å². The first-order chi connectivity index (χ1) is 12.1. The number of aliphatic imine (C=N–C) groups is 2. The van der Waals surface area contributed by atoms with Crippen molar-refractivity contribution in [2.24, 2.45) is 20.8 Å². The van der Waals surface area contributed by atoms with Crippen LogP contribution in [0.15, 0.2) is 9.98 Å². The maximum Gasteiger partial charge on any atom is 0.139 e. The van der Waals surface area contributed by atoms with E-state index in [1.807, 2.05) is 0 Å². The summed E-state index contributed by atoms with van der Waals surface area (Å²) in [6.07, 6.45) is 8.69. The summed E-state index contributed by atoms with van der Waals surface area (Å²) in [4.78, 5) is 34.3. The van der Waals surface area contributed by atoms with E-state index in [9.17, 15) is 9.59 Å². The van der Waals surface area contributed by atoms with Gasteiger partial charge < -0.3 is 0 Å². The van der Waals surface area contributed by atoms with Crippen LogP contribution in [-0.2, 0) is 9.59 Å². The second-order valence-corrected chi connectivity index (χ2v) is 10.3. The molecule has 26 heavy (non-hydrogen) atoms. The van der Waals surface area contributed by atoms with Crippen LogP contribution >= 0.6 is 0 Å². The van der Waals surface area contributed by atoms with Crippen LogP contribution in [0.2, 0.25) is 0 Å². The molecule has 3 saturated carbocycles. The monoisotopic (exact) mass is 358 g/mol. The average molecular weight is 359 g/mol. The molecule has 3 rings (SSSR count). The number of hydrogen-bond acceptors (Lipinski definition) is 4. The molecule has 0 saturated heterocycles. The maximum atomic E-state index is 12.1. The predicted octanol–water partition coefficient (Wildman–Crippen LogP) is 4.74. The van der Waals surface area contributed by atoms with Crippen LogP contribution in [0.5, 0.6) is 0 Å². The molecule has 0 aliphatic heterocycles. The summed E-state index contributed by atoms with van der Waals surface area (Å²) in [6, 6.07) is 0.376. The van der Waals surface area contributed by atoms with Crippen molar-refractivity contribution >= 4 is 23.0 Å². The van der Waals surface area contributed by atoms with E-state index in [0.29, 0.717) is 37.2 Å². The molecule has 3 aliphatic carbocycles. The second kappa shape index (κ2) is 7.36. The van der Waals surface area contributed by atoms with Gasteiger partial charge in [-0.25, -0.2) is 0 Å². The number of ketones is 2. The van der Waals surface area contributed by atoms with Crippen molar-refractivity contribution in [3.63, 3.8) is 0 Å². The van der Waals surface area contributed by atoms with Crippen molar-refractivity contribution < 1.29 is 9.59 Å². The first-order valence-corrected chi connectivity index (χ1v) is 10.3. The Balaban J connectivity index is 1.78. The SMILES string of the molecule is CC1(C)CC(=O)CC(=N[C@@H]2CCCC[C@H]2N=C2CC(=O)CC(C)(C)C2)C1. The first-order valence-electron chi connectivity index (χ1n) is 10.3. The van der Waals surface area contributed by atoms with Crippen LogP contribution in [0.4, 0.5) is 0 Å². The quantitative estimate of drug-likeness (QED) is 0.716. The summed E-state index contributed by atoms with van der Waals surface area (Å²) >= 11 is 0. The lowest BCUT2D eigenvalue weighted by atomic mass is 9.75. The van der Waals surface area contributed by atoms with Crippen LogP contribution in [0.25, 0.3) is 0 Å². The maximum absolute atomic E-state index is 12.1. The number of nitrogens with zero attached hydrogens (tertiary/aromatic N) is 2. The summed E-state index contributed by atoms with van der Waals surface area (Å²) in [5.74, 6) is 0.636. The molecule has 0 radical (unpaired) electrons. The third-order valence-electron chi connectivity index (χ3n) is 5.91. The van der Waals surface area contributed by atoms with E-state index in [-0.39, 0.29) is 22.9 Å². The Bertz CT molecular complexity index is 587. The van der Waals surface area contributed by atoms with Crippen molar-refractivity contribution in [3.8, 4) is 0 Å². The largest absolute Gasteiger partial charge is 0.299 e. The molecule has 0 aromatic heterocycles. The molecule has 0 bridgehead atoms. The van der Waals surface area contributed by atoms with E-state index < -0.39 is 0 Å². The van der Waals surface area contributed by atoms with Crippen LogP contribution in [-0.4, -0.2) is 35.1 Å². The highest BCUT2D eigenvalue weighted by Crippen LogP contribution is 2.35. The predicted molar refractivity (Wildman–Crippen MR) is 106 cm³/mol. The molecule has 4 heteroatoms. The number of carbonyl (C=O) groups is 2. The minimum absolute atomic E-state index is 0.0318. The van der Waals surface area contributed by atoms with Gasteiger partial charge in [-0.1, -0.05) is 40.5 Å². The molecule has 0 aromatic carbocycles. The highest BCUT2D eigenvalue weighted by molar-refractivity contribution is 6.05. The molecule has 3 aliphatic rings. The fourth-order valence-corrected chi connectivity index (χ4v) is 5.05. The van der Waals surface area contributed by atoms with Gasteiger partial charge in [0.25, 0.3) is 0 Å². The lowest BCUT2D eigenvalue weighted by molar-refractivity contribution is -0.121. The van der Waals surface area contributed by atoms with E-state index in [1.54, 1.807) is 0 Å². The Kier molecular flexibility index (Phi) is 5.50. The van der Waals surface area contributed by atoms with Gasteiger partial charge in [0, 0.05) is 37.1 Å².